The molecule has 20 heavy (non-hydrogen) atoms. The molecule has 0 aromatic heterocycles. The molecule has 104 valence electrons. The zero-order valence-corrected chi connectivity index (χ0v) is 10.9. The van der Waals surface area contributed by atoms with Crippen LogP contribution in [0.15, 0.2) is 36.4 Å². The van der Waals surface area contributed by atoms with E-state index in [1.807, 2.05) is 0 Å². The Hall–Kier alpha value is -2.43. The fourth-order valence-electron chi connectivity index (χ4n) is 1.92. The number of carbonyl (C=O) groups is 1. The quantitative estimate of drug-likeness (QED) is 0.807. The zero-order valence-electron chi connectivity index (χ0n) is 10.9. The first-order valence-corrected chi connectivity index (χ1v) is 5.79. The molecule has 2 aromatic rings. The Balaban J connectivity index is 2.70. The Morgan fingerprint density at radius 1 is 1.10 bits per heavy atom. The van der Waals surface area contributed by atoms with Crippen LogP contribution in [0.5, 0.6) is 5.75 Å². The molecule has 0 atom stereocenters. The third-order valence-corrected chi connectivity index (χ3v) is 2.85. The summed E-state index contributed by atoms with van der Waals surface area (Å²) in [6, 6.07) is 9.69. The van der Waals surface area contributed by atoms with Gasteiger partial charge in [-0.1, -0.05) is 30.3 Å². The lowest BCUT2D eigenvalue weighted by atomic mass is 10.0. The molecule has 0 heterocycles. The second-order valence-electron chi connectivity index (χ2n) is 3.99. The molecule has 3 nitrogen and oxygen atoms in total. The summed E-state index contributed by atoms with van der Waals surface area (Å²) in [6.07, 6.45) is 0. The van der Waals surface area contributed by atoms with Crippen molar-refractivity contribution in [1.82, 2.24) is 0 Å². The van der Waals surface area contributed by atoms with Crippen molar-refractivity contribution in [3.8, 4) is 16.9 Å². The number of carbonyl (C=O) groups excluding carboxylic acids is 1. The van der Waals surface area contributed by atoms with Crippen molar-refractivity contribution in [2.24, 2.45) is 0 Å². The van der Waals surface area contributed by atoms with Crippen molar-refractivity contribution >= 4 is 5.97 Å². The van der Waals surface area contributed by atoms with E-state index in [1.165, 1.54) is 7.11 Å². The van der Waals surface area contributed by atoms with Gasteiger partial charge >= 0.3 is 5.97 Å². The number of ether oxygens (including phenoxy) is 2. The Morgan fingerprint density at radius 2 is 1.75 bits per heavy atom. The highest BCUT2D eigenvalue weighted by Crippen LogP contribution is 2.35. The van der Waals surface area contributed by atoms with Gasteiger partial charge in [-0.3, -0.25) is 0 Å². The lowest BCUT2D eigenvalue weighted by Gasteiger charge is -2.13. The SMILES string of the molecule is COC(=O)c1c(F)cc(-c2ccccc2)c(OC)c1F. The van der Waals surface area contributed by atoms with Crippen LogP contribution in [0.3, 0.4) is 0 Å². The van der Waals surface area contributed by atoms with Crippen LogP contribution in [-0.2, 0) is 4.74 Å². The third-order valence-electron chi connectivity index (χ3n) is 2.85. The minimum absolute atomic E-state index is 0.196. The van der Waals surface area contributed by atoms with Crippen LogP contribution < -0.4 is 4.74 Å². The summed E-state index contributed by atoms with van der Waals surface area (Å²) in [5, 5.41) is 0. The van der Waals surface area contributed by atoms with E-state index in [0.717, 1.165) is 13.2 Å². The van der Waals surface area contributed by atoms with Gasteiger partial charge < -0.3 is 9.47 Å². The van der Waals surface area contributed by atoms with E-state index in [0.29, 0.717) is 5.56 Å². The average Bonchev–Trinajstić information content (AvgIpc) is 2.47. The summed E-state index contributed by atoms with van der Waals surface area (Å²) in [5.41, 5.74) is 0.0540. The van der Waals surface area contributed by atoms with E-state index < -0.39 is 23.2 Å². The maximum Gasteiger partial charge on any atom is 0.344 e. The molecule has 2 aromatic carbocycles. The smallest absolute Gasteiger partial charge is 0.344 e. The maximum atomic E-state index is 14.3. The van der Waals surface area contributed by atoms with Crippen LogP contribution in [0.25, 0.3) is 11.1 Å². The van der Waals surface area contributed by atoms with Crippen LogP contribution in [0.4, 0.5) is 8.78 Å². The highest BCUT2D eigenvalue weighted by molar-refractivity contribution is 5.92. The predicted octanol–water partition coefficient (Wildman–Crippen LogP) is 3.43. The van der Waals surface area contributed by atoms with E-state index >= 15 is 0 Å². The summed E-state index contributed by atoms with van der Waals surface area (Å²) >= 11 is 0. The third kappa shape index (κ3) is 2.34. The highest BCUT2D eigenvalue weighted by atomic mass is 19.1. The Morgan fingerprint density at radius 3 is 2.30 bits per heavy atom. The molecule has 0 aliphatic rings. The fraction of sp³-hybridized carbons (Fsp3) is 0.133. The second-order valence-corrected chi connectivity index (χ2v) is 3.99. The molecule has 0 N–H and O–H groups in total. The van der Waals surface area contributed by atoms with E-state index in [-0.39, 0.29) is 11.3 Å². The molecule has 5 heteroatoms. The van der Waals surface area contributed by atoms with Gasteiger partial charge in [0.25, 0.3) is 0 Å². The molecule has 0 unspecified atom stereocenters. The first-order chi connectivity index (χ1) is 9.60. The predicted molar refractivity (Wildman–Crippen MR) is 69.7 cm³/mol. The first-order valence-electron chi connectivity index (χ1n) is 5.79. The second kappa shape index (κ2) is 5.69. The summed E-state index contributed by atoms with van der Waals surface area (Å²) < 4.78 is 37.5. The van der Waals surface area contributed by atoms with Gasteiger partial charge in [0.2, 0.25) is 0 Å². The molecule has 0 spiro atoms. The van der Waals surface area contributed by atoms with Gasteiger partial charge in [-0.15, -0.1) is 0 Å². The molecule has 0 aliphatic heterocycles. The zero-order chi connectivity index (χ0) is 14.7. The normalized spacial score (nSPS) is 10.2. The summed E-state index contributed by atoms with van der Waals surface area (Å²) in [5.74, 6) is -3.34. The van der Waals surface area contributed by atoms with Crippen molar-refractivity contribution in [1.29, 1.82) is 0 Å². The van der Waals surface area contributed by atoms with Crippen LogP contribution in [-0.4, -0.2) is 20.2 Å². The number of benzene rings is 2. The molecule has 0 amide bonds. The van der Waals surface area contributed by atoms with E-state index in [9.17, 15) is 13.6 Å². The molecule has 0 fully saturated rings. The van der Waals surface area contributed by atoms with Crippen LogP contribution in [0.2, 0.25) is 0 Å². The number of halogens is 2. The standard InChI is InChI=1S/C15H12F2O3/c1-19-14-10(9-6-4-3-5-7-9)8-11(16)12(13(14)17)15(18)20-2/h3-8H,1-2H3. The van der Waals surface area contributed by atoms with Crippen molar-refractivity contribution in [2.45, 2.75) is 0 Å². The Kier molecular flexibility index (Phi) is 3.98. The van der Waals surface area contributed by atoms with E-state index in [1.54, 1.807) is 30.3 Å². The summed E-state index contributed by atoms with van der Waals surface area (Å²) in [7, 11) is 2.31. The van der Waals surface area contributed by atoms with Gasteiger partial charge in [-0.25, -0.2) is 13.6 Å². The van der Waals surface area contributed by atoms with Gasteiger partial charge in [0.15, 0.2) is 11.6 Å². The number of rotatable bonds is 3. The minimum Gasteiger partial charge on any atom is -0.493 e. The van der Waals surface area contributed by atoms with Crippen molar-refractivity contribution in [2.75, 3.05) is 14.2 Å². The lowest BCUT2D eigenvalue weighted by Crippen LogP contribution is -2.10. The van der Waals surface area contributed by atoms with Gasteiger partial charge in [-0.2, -0.15) is 0 Å². The van der Waals surface area contributed by atoms with Crippen LogP contribution >= 0.6 is 0 Å². The van der Waals surface area contributed by atoms with Gasteiger partial charge in [0.05, 0.1) is 14.2 Å². The summed E-state index contributed by atoms with van der Waals surface area (Å²) in [6.45, 7) is 0. The molecule has 0 saturated carbocycles. The molecule has 2 rings (SSSR count). The van der Waals surface area contributed by atoms with E-state index in [4.69, 9.17) is 4.74 Å². The van der Waals surface area contributed by atoms with Gasteiger partial charge in [0, 0.05) is 5.56 Å². The monoisotopic (exact) mass is 278 g/mol. The number of methoxy groups -OCH3 is 2. The van der Waals surface area contributed by atoms with Crippen LogP contribution in [0.1, 0.15) is 10.4 Å². The molecule has 0 bridgehead atoms. The molecule has 0 radical (unpaired) electrons. The molecular formula is C15H12F2O3. The fourth-order valence-corrected chi connectivity index (χ4v) is 1.92. The minimum atomic E-state index is -1.09. The van der Waals surface area contributed by atoms with Crippen molar-refractivity contribution in [3.63, 3.8) is 0 Å². The van der Waals surface area contributed by atoms with Crippen molar-refractivity contribution < 1.29 is 23.0 Å². The number of esters is 1. The average molecular weight is 278 g/mol. The topological polar surface area (TPSA) is 35.5 Å². The molecule has 0 aliphatic carbocycles. The number of hydrogen-bond donors (Lipinski definition) is 0. The molecule has 0 saturated heterocycles. The Bertz CT molecular complexity index is 639. The lowest BCUT2D eigenvalue weighted by molar-refractivity contribution is 0.0589. The highest BCUT2D eigenvalue weighted by Gasteiger charge is 2.25. The summed E-state index contributed by atoms with van der Waals surface area (Å²) in [4.78, 5) is 11.4. The van der Waals surface area contributed by atoms with E-state index in [2.05, 4.69) is 4.74 Å². The van der Waals surface area contributed by atoms with Crippen LogP contribution in [0, 0.1) is 11.6 Å². The number of hydrogen-bond acceptors (Lipinski definition) is 3. The van der Waals surface area contributed by atoms with Gasteiger partial charge in [-0.05, 0) is 11.6 Å². The Labute approximate surface area is 114 Å². The maximum absolute atomic E-state index is 14.3. The van der Waals surface area contributed by atoms with Crippen molar-refractivity contribution in [3.05, 3.63) is 53.6 Å². The van der Waals surface area contributed by atoms with Gasteiger partial charge in [0.1, 0.15) is 11.4 Å². The first kappa shape index (κ1) is 14.0. The molecular weight excluding hydrogens is 266 g/mol. The largest absolute Gasteiger partial charge is 0.493 e.